The predicted molar refractivity (Wildman–Crippen MR) is 116 cm³/mol. The smallest absolute Gasteiger partial charge is 0.170 e. The van der Waals surface area contributed by atoms with Crippen LogP contribution < -0.4 is 4.74 Å². The molecule has 1 aliphatic rings. The lowest BCUT2D eigenvalue weighted by Crippen LogP contribution is -2.32. The van der Waals surface area contributed by atoms with Gasteiger partial charge in [-0.25, -0.2) is 9.97 Å². The molecular weight excluding hydrogens is 368 g/mol. The van der Waals surface area contributed by atoms with Crippen LogP contribution in [0.3, 0.4) is 0 Å². The van der Waals surface area contributed by atoms with Crippen LogP contribution in [0.1, 0.15) is 54.3 Å². The van der Waals surface area contributed by atoms with Gasteiger partial charge >= 0.3 is 0 Å². The van der Waals surface area contributed by atoms with E-state index in [1.165, 1.54) is 37.1 Å². The van der Waals surface area contributed by atoms with Gasteiger partial charge in [0.1, 0.15) is 5.75 Å². The van der Waals surface area contributed by atoms with Crippen LogP contribution in [0.5, 0.6) is 5.75 Å². The zero-order chi connectivity index (χ0) is 20.1. The van der Waals surface area contributed by atoms with Crippen LogP contribution in [-0.4, -0.2) is 40.1 Å². The van der Waals surface area contributed by atoms with Crippen molar-refractivity contribution in [2.75, 3.05) is 20.2 Å². The summed E-state index contributed by atoms with van der Waals surface area (Å²) in [5.74, 6) is 0.880. The predicted octanol–water partition coefficient (Wildman–Crippen LogP) is 5.25. The third-order valence-corrected chi connectivity index (χ3v) is 5.96. The molecular formula is C22H30N4OS. The molecule has 0 aromatic carbocycles. The number of hydrogen-bond donors (Lipinski definition) is 0. The summed E-state index contributed by atoms with van der Waals surface area (Å²) in [6.45, 7) is 10.6. The van der Waals surface area contributed by atoms with Gasteiger partial charge in [-0.2, -0.15) is 0 Å². The summed E-state index contributed by atoms with van der Waals surface area (Å²) in [7, 11) is 1.66. The molecule has 6 heteroatoms. The zero-order valence-electron chi connectivity index (χ0n) is 17.5. The van der Waals surface area contributed by atoms with E-state index in [1.807, 2.05) is 32.9 Å². The van der Waals surface area contributed by atoms with Crippen LogP contribution in [0.2, 0.25) is 0 Å². The molecule has 1 unspecified atom stereocenters. The van der Waals surface area contributed by atoms with Crippen LogP contribution in [0.4, 0.5) is 0 Å². The Morgan fingerprint density at radius 3 is 2.29 bits per heavy atom. The lowest BCUT2D eigenvalue weighted by Gasteiger charge is -2.31. The van der Waals surface area contributed by atoms with Crippen molar-refractivity contribution in [3.05, 3.63) is 46.4 Å². The van der Waals surface area contributed by atoms with Gasteiger partial charge in [-0.05, 0) is 65.8 Å². The monoisotopic (exact) mass is 398 g/mol. The van der Waals surface area contributed by atoms with Gasteiger partial charge in [-0.15, -0.1) is 11.3 Å². The molecule has 1 atom stereocenters. The lowest BCUT2D eigenvalue weighted by molar-refractivity contribution is 0.172. The summed E-state index contributed by atoms with van der Waals surface area (Å²) in [4.78, 5) is 16.0. The van der Waals surface area contributed by atoms with Gasteiger partial charge in [0.25, 0.3) is 0 Å². The topological polar surface area (TPSA) is 51.1 Å². The molecule has 0 radical (unpaired) electrons. The Kier molecular flexibility index (Phi) is 6.97. The molecule has 3 aromatic heterocycles. The van der Waals surface area contributed by atoms with Gasteiger partial charge < -0.3 is 4.74 Å². The van der Waals surface area contributed by atoms with E-state index in [2.05, 4.69) is 33.9 Å². The second-order valence-corrected chi connectivity index (χ2v) is 8.59. The maximum absolute atomic E-state index is 5.04. The molecule has 28 heavy (non-hydrogen) atoms. The number of aromatic nitrogens is 3. The molecule has 1 aliphatic heterocycles. The van der Waals surface area contributed by atoms with E-state index in [9.17, 15) is 0 Å². The maximum atomic E-state index is 5.04. The number of thiazole rings is 1. The van der Waals surface area contributed by atoms with Gasteiger partial charge in [0.2, 0.25) is 0 Å². The molecule has 0 N–H and O–H groups in total. The molecule has 150 valence electrons. The van der Waals surface area contributed by atoms with Crippen molar-refractivity contribution < 1.29 is 4.74 Å². The summed E-state index contributed by atoms with van der Waals surface area (Å²) in [6, 6.07) is 8.57. The summed E-state index contributed by atoms with van der Waals surface area (Å²) in [5.41, 5.74) is 4.07. The SMILES string of the molecule is COc1cc(C)nc(C)c1.Cc1nc2nc(C(C)N3CCCCC3)ccc2s1. The van der Waals surface area contributed by atoms with Crippen molar-refractivity contribution in [2.45, 2.75) is 53.0 Å². The number of piperidine rings is 1. The maximum Gasteiger partial charge on any atom is 0.170 e. The van der Waals surface area contributed by atoms with Crippen LogP contribution in [-0.2, 0) is 0 Å². The molecule has 3 aromatic rings. The third kappa shape index (κ3) is 5.26. The Morgan fingerprint density at radius 2 is 1.64 bits per heavy atom. The Bertz CT molecular complexity index is 898. The molecule has 0 amide bonds. The van der Waals surface area contributed by atoms with Crippen LogP contribution >= 0.6 is 11.3 Å². The number of fused-ring (bicyclic) bond motifs is 1. The fraction of sp³-hybridized carbons (Fsp3) is 0.500. The standard InChI is InChI=1S/C14H19N3S.C8H11NO/c1-10(17-8-4-3-5-9-17)12-6-7-13-14(16-12)15-11(2)18-13;1-6-4-8(10-3)5-7(2)9-6/h6-7,10H,3-5,8-9H2,1-2H3;4-5H,1-3H3. The minimum absolute atomic E-state index is 0.414. The summed E-state index contributed by atoms with van der Waals surface area (Å²) in [5, 5.41) is 1.10. The Hall–Kier alpha value is -2.05. The molecule has 1 saturated heterocycles. The second-order valence-electron chi connectivity index (χ2n) is 7.35. The van der Waals surface area contributed by atoms with E-state index >= 15 is 0 Å². The Morgan fingerprint density at radius 1 is 0.964 bits per heavy atom. The van der Waals surface area contributed by atoms with Crippen LogP contribution in [0, 0.1) is 20.8 Å². The second kappa shape index (κ2) is 9.43. The number of nitrogens with zero attached hydrogens (tertiary/aromatic N) is 4. The van der Waals surface area contributed by atoms with Crippen molar-refractivity contribution in [1.82, 2.24) is 19.9 Å². The largest absolute Gasteiger partial charge is 0.497 e. The van der Waals surface area contributed by atoms with Crippen molar-refractivity contribution in [1.29, 1.82) is 0 Å². The van der Waals surface area contributed by atoms with E-state index in [0.29, 0.717) is 6.04 Å². The number of methoxy groups -OCH3 is 1. The van der Waals surface area contributed by atoms with Gasteiger partial charge in [0, 0.05) is 29.6 Å². The highest BCUT2D eigenvalue weighted by Crippen LogP contribution is 2.26. The minimum atomic E-state index is 0.414. The highest BCUT2D eigenvalue weighted by molar-refractivity contribution is 7.18. The average molecular weight is 399 g/mol. The Labute approximate surface area is 171 Å². The van der Waals surface area contributed by atoms with E-state index < -0.39 is 0 Å². The van der Waals surface area contributed by atoms with Gasteiger partial charge in [-0.1, -0.05) is 6.42 Å². The normalized spacial score (nSPS) is 15.8. The van der Waals surface area contributed by atoms with Gasteiger partial charge in [0.15, 0.2) is 5.65 Å². The molecule has 0 bridgehead atoms. The first-order valence-electron chi connectivity index (χ1n) is 9.93. The lowest BCUT2D eigenvalue weighted by atomic mass is 10.1. The highest BCUT2D eigenvalue weighted by Gasteiger charge is 2.19. The van der Waals surface area contributed by atoms with Gasteiger partial charge in [0.05, 0.1) is 22.5 Å². The molecule has 4 rings (SSSR count). The van der Waals surface area contributed by atoms with Gasteiger partial charge in [-0.3, -0.25) is 9.88 Å². The van der Waals surface area contributed by atoms with Crippen LogP contribution in [0.25, 0.3) is 10.3 Å². The number of likely N-dealkylation sites (tertiary alicyclic amines) is 1. The fourth-order valence-electron chi connectivity index (χ4n) is 3.58. The molecule has 4 heterocycles. The molecule has 5 nitrogen and oxygen atoms in total. The molecule has 1 fully saturated rings. The summed E-state index contributed by atoms with van der Waals surface area (Å²) >= 11 is 1.72. The minimum Gasteiger partial charge on any atom is -0.497 e. The Balaban J connectivity index is 0.000000192. The fourth-order valence-corrected chi connectivity index (χ4v) is 4.35. The van der Waals surface area contributed by atoms with E-state index in [-0.39, 0.29) is 0 Å². The third-order valence-electron chi connectivity index (χ3n) is 5.04. The summed E-state index contributed by atoms with van der Waals surface area (Å²) in [6.07, 6.45) is 4.02. The molecule has 0 saturated carbocycles. The molecule has 0 aliphatic carbocycles. The van der Waals surface area contributed by atoms with Crippen molar-refractivity contribution >= 4 is 21.7 Å². The number of hydrogen-bond acceptors (Lipinski definition) is 6. The number of ether oxygens (including phenoxy) is 1. The van der Waals surface area contributed by atoms with E-state index in [4.69, 9.17) is 9.72 Å². The first-order valence-corrected chi connectivity index (χ1v) is 10.8. The number of aryl methyl sites for hydroxylation is 3. The van der Waals surface area contributed by atoms with Crippen molar-refractivity contribution in [3.63, 3.8) is 0 Å². The van der Waals surface area contributed by atoms with E-state index in [0.717, 1.165) is 33.5 Å². The van der Waals surface area contributed by atoms with Crippen molar-refractivity contribution in [2.24, 2.45) is 0 Å². The highest BCUT2D eigenvalue weighted by atomic mass is 32.1. The molecule has 0 spiro atoms. The quantitative estimate of drug-likeness (QED) is 0.603. The van der Waals surface area contributed by atoms with Crippen LogP contribution in [0.15, 0.2) is 24.3 Å². The zero-order valence-corrected chi connectivity index (χ0v) is 18.3. The first-order chi connectivity index (χ1) is 13.5. The summed E-state index contributed by atoms with van der Waals surface area (Å²) < 4.78 is 6.23. The average Bonchev–Trinajstić information content (AvgIpc) is 3.07. The number of rotatable bonds is 3. The number of pyridine rings is 2. The van der Waals surface area contributed by atoms with Crippen molar-refractivity contribution in [3.8, 4) is 5.75 Å². The van der Waals surface area contributed by atoms with E-state index in [1.54, 1.807) is 18.4 Å². The first kappa shape index (κ1) is 20.7.